The molecule has 1 N–H and O–H groups in total. The summed E-state index contributed by atoms with van der Waals surface area (Å²) in [6.07, 6.45) is 9.08. The highest BCUT2D eigenvalue weighted by Gasteiger charge is 2.40. The molecule has 1 aliphatic heterocycles. The second kappa shape index (κ2) is 10.8. The van der Waals surface area contributed by atoms with E-state index in [1.54, 1.807) is 0 Å². The van der Waals surface area contributed by atoms with Crippen LogP contribution in [-0.4, -0.2) is 35.0 Å². The number of rotatable bonds is 7. The molecule has 5 rings (SSSR count). The van der Waals surface area contributed by atoms with Gasteiger partial charge < -0.3 is 15.0 Å². The number of likely N-dealkylation sites (tertiary alicyclic amines) is 1. The second-order valence-electron chi connectivity index (χ2n) is 9.53. The molecule has 35 heavy (non-hydrogen) atoms. The molecule has 2 aliphatic rings. The van der Waals surface area contributed by atoms with Crippen LogP contribution in [0, 0.1) is 0 Å². The number of ether oxygens (including phenoxy) is 1. The molecule has 2 fully saturated rings. The number of carbonyl (C=O) groups is 1. The third kappa shape index (κ3) is 6.10. The summed E-state index contributed by atoms with van der Waals surface area (Å²) in [5.41, 5.74) is 5.02. The van der Waals surface area contributed by atoms with E-state index in [0.29, 0.717) is 11.8 Å². The zero-order chi connectivity index (χ0) is 24.0. The van der Waals surface area contributed by atoms with E-state index in [9.17, 15) is 4.79 Å². The smallest absolute Gasteiger partial charge is 0.317 e. The first-order chi connectivity index (χ1) is 17.2. The molecule has 2 atom stereocenters. The number of hydrogen-bond donors (Lipinski definition) is 1. The molecule has 1 aromatic heterocycles. The van der Waals surface area contributed by atoms with Crippen LogP contribution in [0.5, 0.6) is 11.6 Å². The Morgan fingerprint density at radius 3 is 2.66 bits per heavy atom. The Hall–Kier alpha value is -3.60. The van der Waals surface area contributed by atoms with Crippen molar-refractivity contribution in [2.45, 2.75) is 51.0 Å². The van der Waals surface area contributed by atoms with E-state index in [2.05, 4.69) is 59.7 Å². The molecule has 2 heterocycles. The van der Waals surface area contributed by atoms with Gasteiger partial charge in [-0.1, -0.05) is 73.5 Å². The van der Waals surface area contributed by atoms with Crippen LogP contribution in [0.25, 0.3) is 6.08 Å². The maximum Gasteiger partial charge on any atom is 0.317 e. The Balaban J connectivity index is 1.12. The first kappa shape index (κ1) is 23.2. The summed E-state index contributed by atoms with van der Waals surface area (Å²) in [5.74, 6) is 1.85. The summed E-state index contributed by atoms with van der Waals surface area (Å²) in [7, 11) is 0. The lowest BCUT2D eigenvalue weighted by Gasteiger charge is -2.28. The van der Waals surface area contributed by atoms with Crippen molar-refractivity contribution >= 4 is 12.1 Å². The molecule has 1 saturated carbocycles. The Morgan fingerprint density at radius 2 is 1.91 bits per heavy atom. The van der Waals surface area contributed by atoms with Gasteiger partial charge in [-0.2, -0.15) is 0 Å². The standard InChI is InChI=1S/C30H33N3O2/c1-2-7-23-12-13-29(31-21-23)35-26-11-6-8-24(19-26)18-22-14-16-33(17-15-22)30(34)32-28-20-27(28)25-9-4-3-5-10-25/h3-6,8-13,18-19,21,27-28H,2,7,14-17,20H2,1H3,(H,32,34)/t27?,28-/m1/s1. The molecule has 5 heteroatoms. The fraction of sp³-hybridized carbons (Fsp3) is 0.333. The molecule has 1 aliphatic carbocycles. The fourth-order valence-electron chi connectivity index (χ4n) is 4.75. The van der Waals surface area contributed by atoms with E-state index in [4.69, 9.17) is 4.74 Å². The van der Waals surface area contributed by atoms with Crippen molar-refractivity contribution in [3.63, 3.8) is 0 Å². The van der Waals surface area contributed by atoms with Crippen molar-refractivity contribution in [2.24, 2.45) is 0 Å². The Morgan fingerprint density at radius 1 is 1.09 bits per heavy atom. The normalized spacial score (nSPS) is 19.2. The minimum absolute atomic E-state index is 0.0698. The molecule has 3 aromatic rings. The highest BCUT2D eigenvalue weighted by atomic mass is 16.5. The lowest BCUT2D eigenvalue weighted by molar-refractivity contribution is 0.193. The Kier molecular flexibility index (Phi) is 7.12. The van der Waals surface area contributed by atoms with E-state index >= 15 is 0 Å². The van der Waals surface area contributed by atoms with Gasteiger partial charge in [0.15, 0.2) is 0 Å². The fourth-order valence-corrected chi connectivity index (χ4v) is 4.75. The van der Waals surface area contributed by atoms with Gasteiger partial charge in [-0.05, 0) is 54.5 Å². The predicted molar refractivity (Wildman–Crippen MR) is 140 cm³/mol. The first-order valence-corrected chi connectivity index (χ1v) is 12.7. The zero-order valence-electron chi connectivity index (χ0n) is 20.3. The van der Waals surface area contributed by atoms with Crippen LogP contribution in [0.15, 0.2) is 78.5 Å². The quantitative estimate of drug-likeness (QED) is 0.427. The van der Waals surface area contributed by atoms with Crippen molar-refractivity contribution in [2.75, 3.05) is 13.1 Å². The largest absolute Gasteiger partial charge is 0.439 e. The van der Waals surface area contributed by atoms with E-state index in [-0.39, 0.29) is 12.1 Å². The molecule has 0 bridgehead atoms. The molecule has 0 radical (unpaired) electrons. The number of piperidine rings is 1. The Labute approximate surface area is 207 Å². The van der Waals surface area contributed by atoms with E-state index in [1.807, 2.05) is 41.4 Å². The molecule has 2 aromatic carbocycles. The van der Waals surface area contributed by atoms with Gasteiger partial charge in [-0.25, -0.2) is 9.78 Å². The van der Waals surface area contributed by atoms with Crippen LogP contribution in [0.2, 0.25) is 0 Å². The topological polar surface area (TPSA) is 54.5 Å². The minimum Gasteiger partial charge on any atom is -0.439 e. The molecule has 180 valence electrons. The summed E-state index contributed by atoms with van der Waals surface area (Å²) in [6.45, 7) is 3.67. The average molecular weight is 468 g/mol. The van der Waals surface area contributed by atoms with Crippen LogP contribution >= 0.6 is 0 Å². The van der Waals surface area contributed by atoms with Crippen LogP contribution in [0.1, 0.15) is 55.2 Å². The maximum atomic E-state index is 12.7. The molecular formula is C30H33N3O2. The summed E-state index contributed by atoms with van der Waals surface area (Å²) >= 11 is 0. The second-order valence-corrected chi connectivity index (χ2v) is 9.53. The summed E-state index contributed by atoms with van der Waals surface area (Å²) in [5, 5.41) is 3.22. The van der Waals surface area contributed by atoms with Crippen LogP contribution in [-0.2, 0) is 6.42 Å². The van der Waals surface area contributed by atoms with Crippen molar-refractivity contribution < 1.29 is 9.53 Å². The van der Waals surface area contributed by atoms with E-state index < -0.39 is 0 Å². The van der Waals surface area contributed by atoms with Crippen LogP contribution < -0.4 is 10.1 Å². The SMILES string of the molecule is CCCc1ccc(Oc2cccc(C=C3CCN(C(=O)N[C@@H]4CC4c4ccccc4)CC3)c2)nc1. The molecule has 0 spiro atoms. The van der Waals surface area contributed by atoms with E-state index in [1.165, 1.54) is 16.7 Å². The average Bonchev–Trinajstić information content (AvgIpc) is 3.66. The molecule has 1 saturated heterocycles. The molecule has 1 unspecified atom stereocenters. The highest BCUT2D eigenvalue weighted by Crippen LogP contribution is 2.40. The summed E-state index contributed by atoms with van der Waals surface area (Å²) in [6, 6.07) is 22.9. The summed E-state index contributed by atoms with van der Waals surface area (Å²) in [4.78, 5) is 19.1. The maximum absolute atomic E-state index is 12.7. The number of amides is 2. The number of benzene rings is 2. The van der Waals surface area contributed by atoms with Crippen molar-refractivity contribution in [1.29, 1.82) is 0 Å². The van der Waals surface area contributed by atoms with Crippen LogP contribution in [0.3, 0.4) is 0 Å². The third-order valence-corrected chi connectivity index (χ3v) is 6.81. The monoisotopic (exact) mass is 467 g/mol. The lowest BCUT2D eigenvalue weighted by Crippen LogP contribution is -2.44. The number of aromatic nitrogens is 1. The van der Waals surface area contributed by atoms with Gasteiger partial charge in [-0.15, -0.1) is 0 Å². The van der Waals surface area contributed by atoms with Gasteiger partial charge in [0, 0.05) is 37.3 Å². The molecular weight excluding hydrogens is 434 g/mol. The number of pyridine rings is 1. The van der Waals surface area contributed by atoms with Gasteiger partial charge in [0.2, 0.25) is 5.88 Å². The van der Waals surface area contributed by atoms with Crippen molar-refractivity contribution in [1.82, 2.24) is 15.2 Å². The van der Waals surface area contributed by atoms with Crippen LogP contribution in [0.4, 0.5) is 4.79 Å². The molecule has 5 nitrogen and oxygen atoms in total. The van der Waals surface area contributed by atoms with Gasteiger partial charge >= 0.3 is 6.03 Å². The van der Waals surface area contributed by atoms with Gasteiger partial charge in [0.25, 0.3) is 0 Å². The number of aryl methyl sites for hydroxylation is 1. The third-order valence-electron chi connectivity index (χ3n) is 6.81. The zero-order valence-corrected chi connectivity index (χ0v) is 20.3. The Bertz CT molecular complexity index is 1160. The number of carbonyl (C=O) groups excluding carboxylic acids is 1. The number of hydrogen-bond acceptors (Lipinski definition) is 3. The van der Waals surface area contributed by atoms with Crippen molar-refractivity contribution in [3.8, 4) is 11.6 Å². The summed E-state index contributed by atoms with van der Waals surface area (Å²) < 4.78 is 5.97. The highest BCUT2D eigenvalue weighted by molar-refractivity contribution is 5.75. The first-order valence-electron chi connectivity index (χ1n) is 12.7. The lowest BCUT2D eigenvalue weighted by atomic mass is 10.0. The van der Waals surface area contributed by atoms with Gasteiger partial charge in [0.1, 0.15) is 5.75 Å². The molecule has 2 amide bonds. The van der Waals surface area contributed by atoms with Crippen molar-refractivity contribution in [3.05, 3.63) is 95.2 Å². The number of nitrogens with one attached hydrogen (secondary N) is 1. The van der Waals surface area contributed by atoms with E-state index in [0.717, 1.165) is 56.5 Å². The van der Waals surface area contributed by atoms with Gasteiger partial charge in [-0.3, -0.25) is 0 Å². The number of nitrogens with zero attached hydrogens (tertiary/aromatic N) is 2. The van der Waals surface area contributed by atoms with Gasteiger partial charge in [0.05, 0.1) is 0 Å². The number of urea groups is 1. The predicted octanol–water partition coefficient (Wildman–Crippen LogP) is 6.57. The minimum atomic E-state index is 0.0698.